The van der Waals surface area contributed by atoms with Gasteiger partial charge in [0.25, 0.3) is 0 Å². The van der Waals surface area contributed by atoms with E-state index >= 15 is 0 Å². The second-order valence-corrected chi connectivity index (χ2v) is 8.68. The molecule has 0 atom stereocenters. The van der Waals surface area contributed by atoms with Crippen molar-refractivity contribution >= 4 is 10.1 Å². The maximum absolute atomic E-state index is 13.9. The minimum atomic E-state index is -8.26. The second-order valence-electron chi connectivity index (χ2n) is 7.10. The summed E-state index contributed by atoms with van der Waals surface area (Å²) in [5.41, 5.74) is 0.304. The summed E-state index contributed by atoms with van der Waals surface area (Å²) >= 11 is 0. The molecule has 0 N–H and O–H groups in total. The highest BCUT2D eigenvalue weighted by molar-refractivity contribution is 7.88. The molecule has 1 aromatic carbocycles. The summed E-state index contributed by atoms with van der Waals surface area (Å²) < 4.78 is 199. The van der Waals surface area contributed by atoms with Gasteiger partial charge in [0.2, 0.25) is 0 Å². The summed E-state index contributed by atoms with van der Waals surface area (Å²) in [5.74, 6) is -33.2. The molecule has 0 aliphatic heterocycles. The van der Waals surface area contributed by atoms with Gasteiger partial charge in [0.1, 0.15) is 11.6 Å². The van der Waals surface area contributed by atoms with Gasteiger partial charge in [0, 0.05) is 18.9 Å². The van der Waals surface area contributed by atoms with Crippen LogP contribution in [0.2, 0.25) is 0 Å². The van der Waals surface area contributed by atoms with Crippen molar-refractivity contribution in [3.05, 3.63) is 48.0 Å². The third kappa shape index (κ3) is 4.45. The lowest BCUT2D eigenvalue weighted by Gasteiger charge is -2.38. The molecule has 2 rings (SSSR count). The molecule has 204 valence electrons. The molecular formula is C17H11F13N2O3S. The Morgan fingerprint density at radius 2 is 1.25 bits per heavy atom. The normalized spacial score (nSPS) is 14.7. The van der Waals surface area contributed by atoms with Crippen molar-refractivity contribution in [2.75, 3.05) is 0 Å². The van der Waals surface area contributed by atoms with Crippen molar-refractivity contribution < 1.29 is 69.7 Å². The molecule has 1 aromatic heterocycles. The lowest BCUT2D eigenvalue weighted by molar-refractivity contribution is -0.433. The molecule has 0 saturated heterocycles. The van der Waals surface area contributed by atoms with Gasteiger partial charge < -0.3 is 8.75 Å². The number of hydrogen-bond donors (Lipinski definition) is 0. The minimum absolute atomic E-state index is 0.0574. The monoisotopic (exact) mass is 570 g/mol. The van der Waals surface area contributed by atoms with Gasteiger partial charge in [0.15, 0.2) is 0 Å². The number of halogens is 13. The topological polar surface area (TPSA) is 61.2 Å². The van der Waals surface area contributed by atoms with Crippen LogP contribution in [0.25, 0.3) is 0 Å². The van der Waals surface area contributed by atoms with Crippen LogP contribution >= 0.6 is 0 Å². The standard InChI is InChI=1S/C17H11F13N2O3S/c1-9-31-6-7-32(9)8-10-2-4-11(5-3-10)35-36(33,34)17(29,30)15(24,25)13(20,21)12(18,19)14(22,23)16(26,27)28/h2-7H,8H2,1H3. The molecule has 0 amide bonds. The molecule has 0 radical (unpaired) electrons. The third-order valence-corrected chi connectivity index (χ3v) is 5.92. The number of rotatable bonds is 9. The third-order valence-electron chi connectivity index (χ3n) is 4.62. The van der Waals surface area contributed by atoms with Crippen LogP contribution in [0.5, 0.6) is 5.75 Å². The summed E-state index contributed by atoms with van der Waals surface area (Å²) in [7, 11) is -7.40. The van der Waals surface area contributed by atoms with E-state index in [-0.39, 0.29) is 6.54 Å². The average Bonchev–Trinajstić information content (AvgIpc) is 3.12. The quantitative estimate of drug-likeness (QED) is 0.289. The first-order valence-corrected chi connectivity index (χ1v) is 10.3. The Labute approximate surface area is 192 Å². The molecule has 0 aliphatic rings. The van der Waals surface area contributed by atoms with Gasteiger partial charge in [-0.25, -0.2) is 4.98 Å². The summed E-state index contributed by atoms with van der Waals surface area (Å²) in [5, 5.41) is -7.43. The molecule has 5 nitrogen and oxygen atoms in total. The largest absolute Gasteiger partial charge is 0.460 e. The molecule has 2 aromatic rings. The molecule has 0 unspecified atom stereocenters. The van der Waals surface area contributed by atoms with Gasteiger partial charge >= 0.3 is 45.2 Å². The number of benzene rings is 1. The van der Waals surface area contributed by atoms with E-state index in [9.17, 15) is 65.5 Å². The lowest BCUT2D eigenvalue weighted by atomic mass is 9.98. The predicted molar refractivity (Wildman–Crippen MR) is 92.8 cm³/mol. The Balaban J connectivity index is 2.38. The molecule has 0 fully saturated rings. The van der Waals surface area contributed by atoms with Crippen molar-refractivity contribution in [2.24, 2.45) is 0 Å². The molecule has 0 bridgehead atoms. The van der Waals surface area contributed by atoms with E-state index in [2.05, 4.69) is 9.17 Å². The maximum atomic E-state index is 13.9. The first kappa shape index (κ1) is 29.5. The van der Waals surface area contributed by atoms with E-state index in [1.807, 2.05) is 0 Å². The number of alkyl halides is 13. The fraction of sp³-hybridized carbons (Fsp3) is 0.471. The molecule has 36 heavy (non-hydrogen) atoms. The van der Waals surface area contributed by atoms with Gasteiger partial charge in [0.05, 0.1) is 0 Å². The van der Waals surface area contributed by atoms with E-state index in [0.29, 0.717) is 23.5 Å². The van der Waals surface area contributed by atoms with Crippen molar-refractivity contribution in [1.82, 2.24) is 9.55 Å². The fourth-order valence-electron chi connectivity index (χ4n) is 2.51. The zero-order chi connectivity index (χ0) is 28.2. The highest BCUT2D eigenvalue weighted by atomic mass is 32.2. The SMILES string of the molecule is Cc1nccn1Cc1ccc(OS(=O)(=O)C(F)(F)C(F)(F)C(F)(F)C(F)(F)C(F)(F)C(F)(F)F)cc1. The Kier molecular flexibility index (Phi) is 7.12. The van der Waals surface area contributed by atoms with Gasteiger partial charge in [-0.2, -0.15) is 65.5 Å². The number of imidazole rings is 1. The van der Waals surface area contributed by atoms with Crippen LogP contribution in [-0.2, 0) is 16.7 Å². The van der Waals surface area contributed by atoms with Crippen molar-refractivity contribution in [3.8, 4) is 5.75 Å². The van der Waals surface area contributed by atoms with Gasteiger partial charge in [-0.3, -0.25) is 0 Å². The fourth-order valence-corrected chi connectivity index (χ4v) is 3.42. The van der Waals surface area contributed by atoms with Crippen LogP contribution in [-0.4, -0.2) is 53.1 Å². The molecule has 1 heterocycles. The molecule has 0 aliphatic carbocycles. The molecular weight excluding hydrogens is 559 g/mol. The number of nitrogens with zero attached hydrogens (tertiary/aromatic N) is 2. The molecule has 19 heteroatoms. The predicted octanol–water partition coefficient (Wildman–Crippen LogP) is 5.64. The van der Waals surface area contributed by atoms with E-state index < -0.39 is 51.0 Å². The van der Waals surface area contributed by atoms with Crippen molar-refractivity contribution in [3.63, 3.8) is 0 Å². The molecule has 0 saturated carbocycles. The Bertz CT molecular complexity index is 1190. The summed E-state index contributed by atoms with van der Waals surface area (Å²) in [6.45, 7) is 1.64. The number of hydrogen-bond acceptors (Lipinski definition) is 4. The second kappa shape index (κ2) is 8.69. The summed E-state index contributed by atoms with van der Waals surface area (Å²) in [4.78, 5) is 3.87. The Morgan fingerprint density at radius 1 is 0.778 bits per heavy atom. The highest BCUT2D eigenvalue weighted by Gasteiger charge is 2.93. The van der Waals surface area contributed by atoms with Crippen LogP contribution in [0.15, 0.2) is 36.7 Å². The van der Waals surface area contributed by atoms with Crippen LogP contribution in [0, 0.1) is 6.92 Å². The van der Waals surface area contributed by atoms with Gasteiger partial charge in [-0.15, -0.1) is 0 Å². The summed E-state index contributed by atoms with van der Waals surface area (Å²) in [6.07, 6.45) is -4.73. The summed E-state index contributed by atoms with van der Waals surface area (Å²) in [6, 6.07) is 3.07. The zero-order valence-electron chi connectivity index (χ0n) is 17.1. The maximum Gasteiger partial charge on any atom is 0.460 e. The van der Waals surface area contributed by atoms with E-state index in [4.69, 9.17) is 0 Å². The van der Waals surface area contributed by atoms with Crippen LogP contribution < -0.4 is 4.18 Å². The lowest BCUT2D eigenvalue weighted by Crippen LogP contribution is -2.71. The first-order valence-electron chi connectivity index (χ1n) is 8.90. The Hall–Kier alpha value is -2.73. The van der Waals surface area contributed by atoms with Crippen LogP contribution in [0.3, 0.4) is 0 Å². The van der Waals surface area contributed by atoms with E-state index in [0.717, 1.165) is 12.1 Å². The van der Waals surface area contributed by atoms with E-state index in [1.165, 1.54) is 17.0 Å². The van der Waals surface area contributed by atoms with Crippen molar-refractivity contribution in [2.45, 2.75) is 48.6 Å². The van der Waals surface area contributed by atoms with Crippen LogP contribution in [0.4, 0.5) is 57.1 Å². The minimum Gasteiger partial charge on any atom is -0.378 e. The zero-order valence-corrected chi connectivity index (χ0v) is 17.9. The average molecular weight is 570 g/mol. The molecule has 0 spiro atoms. The van der Waals surface area contributed by atoms with E-state index in [1.54, 1.807) is 6.92 Å². The highest BCUT2D eigenvalue weighted by Crippen LogP contribution is 2.61. The number of aryl methyl sites for hydroxylation is 1. The Morgan fingerprint density at radius 3 is 1.67 bits per heavy atom. The number of aromatic nitrogens is 2. The smallest absolute Gasteiger partial charge is 0.378 e. The van der Waals surface area contributed by atoms with Gasteiger partial charge in [-0.05, 0) is 24.6 Å². The van der Waals surface area contributed by atoms with Gasteiger partial charge in [-0.1, -0.05) is 12.1 Å². The first-order chi connectivity index (χ1) is 15.9. The van der Waals surface area contributed by atoms with Crippen LogP contribution in [0.1, 0.15) is 11.4 Å². The van der Waals surface area contributed by atoms with Crippen molar-refractivity contribution in [1.29, 1.82) is 0 Å².